The van der Waals surface area contributed by atoms with Crippen molar-refractivity contribution in [1.29, 1.82) is 0 Å². The monoisotopic (exact) mass is 397 g/mol. The van der Waals surface area contributed by atoms with Gasteiger partial charge in [-0.15, -0.1) is 12.4 Å². The molecule has 0 spiro atoms. The average Bonchev–Trinajstić information content (AvgIpc) is 2.98. The molecule has 28 heavy (non-hydrogen) atoms. The lowest BCUT2D eigenvalue weighted by molar-refractivity contribution is 0.0610. The predicted molar refractivity (Wildman–Crippen MR) is 113 cm³/mol. The summed E-state index contributed by atoms with van der Waals surface area (Å²) in [6, 6.07) is 8.13. The van der Waals surface area contributed by atoms with Crippen LogP contribution in [-0.4, -0.2) is 30.2 Å². The van der Waals surface area contributed by atoms with Gasteiger partial charge in [0, 0.05) is 12.6 Å². The summed E-state index contributed by atoms with van der Waals surface area (Å²) in [6.45, 7) is 2.05. The first kappa shape index (κ1) is 20.1. The highest BCUT2D eigenvalue weighted by molar-refractivity contribution is 5.86. The zero-order valence-corrected chi connectivity index (χ0v) is 16.9. The SMILES string of the molecule is Cc1cccc(-c2nc3c(N)nc(C#CC4(O)CCCCC4)nc3n2C)c1.Cl. The number of aryl methyl sites for hydroxylation is 2. The summed E-state index contributed by atoms with van der Waals surface area (Å²) in [7, 11) is 1.91. The number of anilines is 1. The van der Waals surface area contributed by atoms with Crippen molar-refractivity contribution in [3.63, 3.8) is 0 Å². The Morgan fingerprint density at radius 2 is 1.89 bits per heavy atom. The minimum atomic E-state index is -0.940. The third-order valence-electron chi connectivity index (χ3n) is 5.11. The largest absolute Gasteiger partial charge is 0.382 e. The van der Waals surface area contributed by atoms with Crippen molar-refractivity contribution in [3.05, 3.63) is 35.7 Å². The normalized spacial score (nSPS) is 15.5. The van der Waals surface area contributed by atoms with Crippen molar-refractivity contribution in [1.82, 2.24) is 19.5 Å². The van der Waals surface area contributed by atoms with E-state index in [9.17, 15) is 5.11 Å². The van der Waals surface area contributed by atoms with Crippen LogP contribution in [0.1, 0.15) is 43.5 Å². The minimum Gasteiger partial charge on any atom is -0.382 e. The van der Waals surface area contributed by atoms with E-state index >= 15 is 0 Å². The van der Waals surface area contributed by atoms with Crippen molar-refractivity contribution in [2.45, 2.75) is 44.6 Å². The van der Waals surface area contributed by atoms with Crippen LogP contribution in [0.25, 0.3) is 22.6 Å². The first-order valence-electron chi connectivity index (χ1n) is 9.28. The Bertz CT molecular complexity index is 1070. The maximum Gasteiger partial charge on any atom is 0.209 e. The summed E-state index contributed by atoms with van der Waals surface area (Å²) in [5.74, 6) is 7.30. The molecule has 7 heteroatoms. The van der Waals surface area contributed by atoms with Gasteiger partial charge in [-0.2, -0.15) is 0 Å². The van der Waals surface area contributed by atoms with E-state index in [-0.39, 0.29) is 12.4 Å². The van der Waals surface area contributed by atoms with Gasteiger partial charge < -0.3 is 15.4 Å². The number of aromatic nitrogens is 4. The van der Waals surface area contributed by atoms with Crippen molar-refractivity contribution in [2.24, 2.45) is 7.05 Å². The van der Waals surface area contributed by atoms with Crippen LogP contribution < -0.4 is 5.73 Å². The van der Waals surface area contributed by atoms with Crippen LogP contribution in [0.2, 0.25) is 0 Å². The number of rotatable bonds is 1. The second-order valence-electron chi connectivity index (χ2n) is 7.31. The van der Waals surface area contributed by atoms with Crippen LogP contribution in [-0.2, 0) is 7.05 Å². The first-order chi connectivity index (χ1) is 13.0. The quantitative estimate of drug-likeness (QED) is 0.614. The lowest BCUT2D eigenvalue weighted by Gasteiger charge is -2.26. The number of nitrogen functional groups attached to an aromatic ring is 1. The Labute approximate surface area is 170 Å². The number of nitrogens with two attached hydrogens (primary N) is 1. The molecule has 4 rings (SSSR count). The third-order valence-corrected chi connectivity index (χ3v) is 5.11. The lowest BCUT2D eigenvalue weighted by atomic mass is 9.85. The van der Waals surface area contributed by atoms with Gasteiger partial charge in [0.1, 0.15) is 11.4 Å². The molecule has 146 valence electrons. The Hall–Kier alpha value is -2.62. The number of imidazole rings is 1. The zero-order valence-electron chi connectivity index (χ0n) is 16.1. The summed E-state index contributed by atoms with van der Waals surface area (Å²) in [5.41, 5.74) is 8.55. The fourth-order valence-corrected chi connectivity index (χ4v) is 3.61. The van der Waals surface area contributed by atoms with Crippen molar-refractivity contribution < 1.29 is 5.11 Å². The number of hydrogen-bond acceptors (Lipinski definition) is 5. The maximum atomic E-state index is 10.6. The highest BCUT2D eigenvalue weighted by atomic mass is 35.5. The molecule has 1 saturated carbocycles. The topological polar surface area (TPSA) is 89.8 Å². The van der Waals surface area contributed by atoms with E-state index in [1.807, 2.05) is 36.7 Å². The van der Waals surface area contributed by atoms with E-state index in [4.69, 9.17) is 5.73 Å². The standard InChI is InChI=1S/C21H23N5O.ClH/c1-14-7-6-8-15(13-14)19-25-17-18(22)23-16(24-20(17)26(19)2)9-12-21(27)10-4-3-5-11-21;/h6-8,13,27H,3-5,10-11H2,1-2H3,(H2,22,23,24);1H. The summed E-state index contributed by atoms with van der Waals surface area (Å²) >= 11 is 0. The first-order valence-corrected chi connectivity index (χ1v) is 9.28. The molecule has 1 fully saturated rings. The van der Waals surface area contributed by atoms with Gasteiger partial charge in [0.05, 0.1) is 0 Å². The third kappa shape index (κ3) is 3.82. The van der Waals surface area contributed by atoms with Crippen LogP contribution >= 0.6 is 12.4 Å². The second-order valence-corrected chi connectivity index (χ2v) is 7.31. The average molecular weight is 398 g/mol. The van der Waals surface area contributed by atoms with Gasteiger partial charge in [-0.3, -0.25) is 0 Å². The van der Waals surface area contributed by atoms with Crippen LogP contribution in [0, 0.1) is 18.8 Å². The smallest absolute Gasteiger partial charge is 0.209 e. The van der Waals surface area contributed by atoms with Gasteiger partial charge in [0.15, 0.2) is 17.0 Å². The maximum absolute atomic E-state index is 10.6. The Balaban J connectivity index is 0.00000225. The Morgan fingerprint density at radius 1 is 1.14 bits per heavy atom. The van der Waals surface area contributed by atoms with Crippen LogP contribution in [0.3, 0.4) is 0 Å². The second kappa shape index (κ2) is 7.78. The van der Waals surface area contributed by atoms with E-state index in [0.29, 0.717) is 35.6 Å². The summed E-state index contributed by atoms with van der Waals surface area (Å²) in [5, 5.41) is 10.6. The molecule has 2 heterocycles. The molecule has 0 atom stereocenters. The van der Waals surface area contributed by atoms with E-state index in [1.165, 1.54) is 0 Å². The number of nitrogens with zero attached hydrogens (tertiary/aromatic N) is 4. The molecule has 0 unspecified atom stereocenters. The minimum absolute atomic E-state index is 0. The predicted octanol–water partition coefficient (Wildman–Crippen LogP) is 3.39. The van der Waals surface area contributed by atoms with Gasteiger partial charge in [-0.25, -0.2) is 15.0 Å². The fraction of sp³-hybridized carbons (Fsp3) is 0.381. The van der Waals surface area contributed by atoms with Crippen LogP contribution in [0.4, 0.5) is 5.82 Å². The molecule has 0 amide bonds. The number of fused-ring (bicyclic) bond motifs is 1. The molecule has 1 aliphatic carbocycles. The molecule has 1 aromatic carbocycles. The van der Waals surface area contributed by atoms with E-state index < -0.39 is 5.60 Å². The molecule has 0 aliphatic heterocycles. The summed E-state index contributed by atoms with van der Waals surface area (Å²) < 4.78 is 1.91. The number of hydrogen-bond donors (Lipinski definition) is 2. The van der Waals surface area contributed by atoms with Gasteiger partial charge in [0.25, 0.3) is 0 Å². The van der Waals surface area contributed by atoms with E-state index in [1.54, 1.807) is 0 Å². The highest BCUT2D eigenvalue weighted by Crippen LogP contribution is 2.28. The molecule has 2 aromatic heterocycles. The molecule has 0 radical (unpaired) electrons. The lowest BCUT2D eigenvalue weighted by Crippen LogP contribution is -2.29. The van der Waals surface area contributed by atoms with Crippen molar-refractivity contribution in [2.75, 3.05) is 5.73 Å². The number of halogens is 1. The molecular formula is C21H24ClN5O. The van der Waals surface area contributed by atoms with Crippen LogP contribution in [0.15, 0.2) is 24.3 Å². The molecule has 6 nitrogen and oxygen atoms in total. The van der Waals surface area contributed by atoms with Gasteiger partial charge in [-0.05, 0) is 44.6 Å². The molecule has 0 bridgehead atoms. The van der Waals surface area contributed by atoms with E-state index in [2.05, 4.69) is 32.9 Å². The zero-order chi connectivity index (χ0) is 19.0. The molecular weight excluding hydrogens is 374 g/mol. The van der Waals surface area contributed by atoms with E-state index in [0.717, 1.165) is 36.2 Å². The van der Waals surface area contributed by atoms with Gasteiger partial charge >= 0.3 is 0 Å². The fourth-order valence-electron chi connectivity index (χ4n) is 3.61. The summed E-state index contributed by atoms with van der Waals surface area (Å²) in [4.78, 5) is 13.5. The van der Waals surface area contributed by atoms with Crippen LogP contribution in [0.5, 0.6) is 0 Å². The number of aliphatic hydroxyl groups is 1. The number of benzene rings is 1. The van der Waals surface area contributed by atoms with Gasteiger partial charge in [-0.1, -0.05) is 36.1 Å². The van der Waals surface area contributed by atoms with Crippen molar-refractivity contribution in [3.8, 4) is 23.2 Å². The molecule has 0 saturated heterocycles. The van der Waals surface area contributed by atoms with Crippen molar-refractivity contribution >= 4 is 29.4 Å². The molecule has 3 N–H and O–H groups in total. The Kier molecular flexibility index (Phi) is 5.59. The molecule has 1 aliphatic rings. The van der Waals surface area contributed by atoms with Gasteiger partial charge in [0.2, 0.25) is 5.82 Å². The Morgan fingerprint density at radius 3 is 2.61 bits per heavy atom. The molecule has 3 aromatic rings. The highest BCUT2D eigenvalue weighted by Gasteiger charge is 2.26. The summed E-state index contributed by atoms with van der Waals surface area (Å²) in [6.07, 6.45) is 4.53.